The number of benzene rings is 2. The molecule has 0 saturated carbocycles. The summed E-state index contributed by atoms with van der Waals surface area (Å²) in [7, 11) is 0. The minimum Gasteiger partial charge on any atom is -0.382 e. The van der Waals surface area contributed by atoms with E-state index in [9.17, 15) is 9.90 Å². The first-order valence-corrected chi connectivity index (χ1v) is 5.39. The Balaban J connectivity index is 2.33. The van der Waals surface area contributed by atoms with Crippen molar-refractivity contribution in [2.24, 2.45) is 5.73 Å². The van der Waals surface area contributed by atoms with Gasteiger partial charge in [-0.15, -0.1) is 0 Å². The third kappa shape index (κ3) is 2.43. The highest BCUT2D eigenvalue weighted by molar-refractivity contribution is 6.03. The van der Waals surface area contributed by atoms with E-state index in [0.29, 0.717) is 5.69 Å². The molecule has 0 bridgehead atoms. The number of nitrogens with one attached hydrogen (secondary N) is 1. The Bertz CT molecular complexity index is 534. The van der Waals surface area contributed by atoms with Gasteiger partial charge in [-0.1, -0.05) is 36.4 Å². The molecule has 1 atom stereocenters. The average molecular weight is 230 g/mol. The number of carbonyl (C=O) groups is 1. The van der Waals surface area contributed by atoms with Crippen molar-refractivity contribution in [3.63, 3.8) is 0 Å². The zero-order valence-corrected chi connectivity index (χ0v) is 9.26. The monoisotopic (exact) mass is 230 g/mol. The molecule has 0 radical (unpaired) electrons. The van der Waals surface area contributed by atoms with Crippen molar-refractivity contribution in [2.75, 3.05) is 11.9 Å². The third-order valence-corrected chi connectivity index (χ3v) is 2.57. The van der Waals surface area contributed by atoms with E-state index >= 15 is 0 Å². The maximum absolute atomic E-state index is 11.5. The number of anilines is 1. The second-order valence-corrected chi connectivity index (χ2v) is 3.77. The van der Waals surface area contributed by atoms with Crippen LogP contribution in [0.25, 0.3) is 10.8 Å². The van der Waals surface area contributed by atoms with E-state index in [1.54, 1.807) is 6.07 Å². The van der Waals surface area contributed by atoms with Gasteiger partial charge >= 0.3 is 0 Å². The largest absolute Gasteiger partial charge is 0.382 e. The Kier molecular flexibility index (Phi) is 3.37. The maximum atomic E-state index is 11.5. The Morgan fingerprint density at radius 3 is 2.71 bits per heavy atom. The van der Waals surface area contributed by atoms with E-state index in [0.717, 1.165) is 10.8 Å². The first kappa shape index (κ1) is 11.6. The standard InChI is InChI=1S/C13H14N2O2/c14-8-12(16)13(17)15-11-7-3-5-9-4-1-2-6-10(9)11/h1-7,12,16H,8,14H2,(H,15,17). The summed E-state index contributed by atoms with van der Waals surface area (Å²) < 4.78 is 0. The molecule has 0 heterocycles. The van der Waals surface area contributed by atoms with Crippen LogP contribution in [0.4, 0.5) is 5.69 Å². The first-order valence-electron chi connectivity index (χ1n) is 5.39. The number of aliphatic hydroxyl groups is 1. The molecular weight excluding hydrogens is 216 g/mol. The van der Waals surface area contributed by atoms with Gasteiger partial charge in [-0.25, -0.2) is 0 Å². The highest BCUT2D eigenvalue weighted by atomic mass is 16.3. The second-order valence-electron chi connectivity index (χ2n) is 3.77. The van der Waals surface area contributed by atoms with Crippen molar-refractivity contribution >= 4 is 22.4 Å². The van der Waals surface area contributed by atoms with E-state index in [1.807, 2.05) is 36.4 Å². The predicted molar refractivity (Wildman–Crippen MR) is 67.6 cm³/mol. The summed E-state index contributed by atoms with van der Waals surface area (Å²) >= 11 is 0. The molecule has 1 amide bonds. The summed E-state index contributed by atoms with van der Waals surface area (Å²) in [6, 6.07) is 13.3. The number of nitrogens with two attached hydrogens (primary N) is 1. The summed E-state index contributed by atoms with van der Waals surface area (Å²) in [4.78, 5) is 11.5. The lowest BCUT2D eigenvalue weighted by Crippen LogP contribution is -2.34. The zero-order valence-electron chi connectivity index (χ0n) is 9.26. The average Bonchev–Trinajstić information content (AvgIpc) is 2.38. The van der Waals surface area contributed by atoms with E-state index in [4.69, 9.17) is 5.73 Å². The first-order chi connectivity index (χ1) is 8.22. The fourth-order valence-electron chi connectivity index (χ4n) is 1.66. The molecule has 2 aromatic rings. The summed E-state index contributed by atoms with van der Waals surface area (Å²) in [5.74, 6) is -0.483. The van der Waals surface area contributed by atoms with E-state index in [-0.39, 0.29) is 6.54 Å². The van der Waals surface area contributed by atoms with Gasteiger partial charge in [0.1, 0.15) is 6.10 Å². The Labute approximate surface area is 99.1 Å². The number of amides is 1. The topological polar surface area (TPSA) is 75.3 Å². The number of rotatable bonds is 3. The molecule has 4 nitrogen and oxygen atoms in total. The molecule has 0 saturated heterocycles. The molecule has 0 aromatic heterocycles. The Hall–Kier alpha value is -1.91. The molecular formula is C13H14N2O2. The van der Waals surface area contributed by atoms with Crippen LogP contribution in [0.1, 0.15) is 0 Å². The highest BCUT2D eigenvalue weighted by Gasteiger charge is 2.13. The molecule has 2 aromatic carbocycles. The zero-order chi connectivity index (χ0) is 12.3. The number of carbonyl (C=O) groups excluding carboxylic acids is 1. The van der Waals surface area contributed by atoms with Gasteiger partial charge in [-0.2, -0.15) is 0 Å². The van der Waals surface area contributed by atoms with E-state index < -0.39 is 12.0 Å². The fourth-order valence-corrected chi connectivity index (χ4v) is 1.66. The second kappa shape index (κ2) is 4.95. The summed E-state index contributed by atoms with van der Waals surface area (Å²) in [6.07, 6.45) is -1.17. The van der Waals surface area contributed by atoms with Crippen molar-refractivity contribution in [1.29, 1.82) is 0 Å². The van der Waals surface area contributed by atoms with E-state index in [1.165, 1.54) is 0 Å². The predicted octanol–water partition coefficient (Wildman–Crippen LogP) is 1.10. The van der Waals surface area contributed by atoms with Crippen LogP contribution in [-0.2, 0) is 4.79 Å². The summed E-state index contributed by atoms with van der Waals surface area (Å²) in [5.41, 5.74) is 5.91. The number of aliphatic hydroxyl groups excluding tert-OH is 1. The highest BCUT2D eigenvalue weighted by Crippen LogP contribution is 2.22. The number of hydrogen-bond acceptors (Lipinski definition) is 3. The van der Waals surface area contributed by atoms with Crippen LogP contribution >= 0.6 is 0 Å². The quantitative estimate of drug-likeness (QED) is 0.739. The lowest BCUT2D eigenvalue weighted by Gasteiger charge is -2.11. The molecule has 0 aliphatic rings. The molecule has 2 rings (SSSR count). The molecule has 88 valence electrons. The van der Waals surface area contributed by atoms with Crippen molar-refractivity contribution in [3.8, 4) is 0 Å². The van der Waals surface area contributed by atoms with Crippen LogP contribution in [0, 0.1) is 0 Å². The van der Waals surface area contributed by atoms with Gasteiger partial charge in [-0.3, -0.25) is 4.79 Å². The molecule has 4 heteroatoms. The normalized spacial score (nSPS) is 12.4. The molecule has 4 N–H and O–H groups in total. The van der Waals surface area contributed by atoms with Crippen molar-refractivity contribution in [2.45, 2.75) is 6.10 Å². The van der Waals surface area contributed by atoms with Crippen LogP contribution in [0.2, 0.25) is 0 Å². The number of fused-ring (bicyclic) bond motifs is 1. The van der Waals surface area contributed by atoms with Crippen molar-refractivity contribution < 1.29 is 9.90 Å². The van der Waals surface area contributed by atoms with E-state index in [2.05, 4.69) is 5.32 Å². The minimum absolute atomic E-state index is 0.0867. The maximum Gasteiger partial charge on any atom is 0.254 e. The molecule has 0 fully saturated rings. The van der Waals surface area contributed by atoms with Crippen LogP contribution in [0.5, 0.6) is 0 Å². The van der Waals surface area contributed by atoms with Gasteiger partial charge in [0.25, 0.3) is 5.91 Å². The van der Waals surface area contributed by atoms with Gasteiger partial charge in [0.05, 0.1) is 0 Å². The van der Waals surface area contributed by atoms with Gasteiger partial charge in [-0.05, 0) is 11.5 Å². The molecule has 1 unspecified atom stereocenters. The lowest BCUT2D eigenvalue weighted by atomic mass is 10.1. The Morgan fingerprint density at radius 2 is 1.94 bits per heavy atom. The third-order valence-electron chi connectivity index (χ3n) is 2.57. The Morgan fingerprint density at radius 1 is 1.24 bits per heavy atom. The van der Waals surface area contributed by atoms with Crippen LogP contribution < -0.4 is 11.1 Å². The van der Waals surface area contributed by atoms with Crippen molar-refractivity contribution in [1.82, 2.24) is 0 Å². The van der Waals surface area contributed by atoms with Crippen LogP contribution in [-0.4, -0.2) is 23.7 Å². The lowest BCUT2D eigenvalue weighted by molar-refractivity contribution is -0.123. The minimum atomic E-state index is -1.17. The molecule has 0 spiro atoms. The molecule has 0 aliphatic heterocycles. The molecule has 17 heavy (non-hydrogen) atoms. The van der Waals surface area contributed by atoms with Crippen molar-refractivity contribution in [3.05, 3.63) is 42.5 Å². The summed E-state index contributed by atoms with van der Waals surface area (Å²) in [6.45, 7) is -0.0867. The van der Waals surface area contributed by atoms with Gasteiger partial charge in [0.15, 0.2) is 0 Å². The van der Waals surface area contributed by atoms with Crippen LogP contribution in [0.3, 0.4) is 0 Å². The fraction of sp³-hybridized carbons (Fsp3) is 0.154. The smallest absolute Gasteiger partial charge is 0.254 e. The van der Waals surface area contributed by atoms with Crippen LogP contribution in [0.15, 0.2) is 42.5 Å². The SMILES string of the molecule is NCC(O)C(=O)Nc1cccc2ccccc12. The summed E-state index contributed by atoms with van der Waals surface area (Å²) in [5, 5.41) is 14.0. The van der Waals surface area contributed by atoms with Gasteiger partial charge in [0, 0.05) is 17.6 Å². The number of hydrogen-bond donors (Lipinski definition) is 3. The molecule has 0 aliphatic carbocycles. The van der Waals surface area contributed by atoms with Gasteiger partial charge < -0.3 is 16.2 Å². The van der Waals surface area contributed by atoms with Gasteiger partial charge in [0.2, 0.25) is 0 Å².